The molecule has 3 atom stereocenters. The average molecular weight is 419 g/mol. The summed E-state index contributed by atoms with van der Waals surface area (Å²) in [6.45, 7) is 1.89. The van der Waals surface area contributed by atoms with Crippen LogP contribution < -0.4 is 15.4 Å². The van der Waals surface area contributed by atoms with Crippen molar-refractivity contribution >= 4 is 18.3 Å². The third kappa shape index (κ3) is 5.49. The number of hydrogen-bond donors (Lipinski definition) is 2. The molecule has 2 aromatic carbocycles. The summed E-state index contributed by atoms with van der Waals surface area (Å²) < 4.78 is 20.0. The fraction of sp³-hybridized carbons (Fsp3) is 0.435. The zero-order chi connectivity index (χ0) is 19.5. The molecule has 2 aliphatic heterocycles. The highest BCUT2D eigenvalue weighted by atomic mass is 35.5. The molecular formula is C23H28ClFN2O2. The SMILES string of the molecule is CC(NC(=O)CC1CC2CCC(C1)N2)c1ccc(Oc2ccccc2)c(F)c1.Cl. The maximum absolute atomic E-state index is 14.5. The van der Waals surface area contributed by atoms with Crippen LogP contribution in [0.25, 0.3) is 0 Å². The number of nitrogens with one attached hydrogen (secondary N) is 2. The smallest absolute Gasteiger partial charge is 0.220 e. The lowest BCUT2D eigenvalue weighted by molar-refractivity contribution is -0.122. The van der Waals surface area contributed by atoms with Crippen LogP contribution in [0.5, 0.6) is 11.5 Å². The van der Waals surface area contributed by atoms with Crippen molar-refractivity contribution in [3.63, 3.8) is 0 Å². The van der Waals surface area contributed by atoms with Gasteiger partial charge < -0.3 is 15.4 Å². The Morgan fingerprint density at radius 1 is 1.17 bits per heavy atom. The number of fused-ring (bicyclic) bond motifs is 2. The van der Waals surface area contributed by atoms with E-state index in [-0.39, 0.29) is 30.1 Å². The third-order valence-corrected chi connectivity index (χ3v) is 5.85. The standard InChI is InChI=1S/C23H27FN2O2.ClH/c1-15(25-23(27)13-16-11-18-8-9-19(12-16)26-18)17-7-10-22(21(24)14-17)28-20-5-3-2-4-6-20;/h2-7,10,14-16,18-19,26H,8-9,11-13H2,1H3,(H,25,27);1H. The number of piperidine rings is 1. The lowest BCUT2D eigenvalue weighted by Crippen LogP contribution is -2.40. The zero-order valence-corrected chi connectivity index (χ0v) is 17.4. The predicted octanol–water partition coefficient (Wildman–Crippen LogP) is 5.14. The fourth-order valence-electron chi connectivity index (χ4n) is 4.47. The lowest BCUT2D eigenvalue weighted by Gasteiger charge is -2.29. The molecule has 0 saturated carbocycles. The highest BCUT2D eigenvalue weighted by Gasteiger charge is 2.34. The average Bonchev–Trinajstić information content (AvgIpc) is 3.02. The van der Waals surface area contributed by atoms with Gasteiger partial charge in [0.15, 0.2) is 11.6 Å². The van der Waals surface area contributed by atoms with E-state index >= 15 is 0 Å². The van der Waals surface area contributed by atoms with E-state index in [9.17, 15) is 9.18 Å². The van der Waals surface area contributed by atoms with Gasteiger partial charge in [-0.1, -0.05) is 24.3 Å². The van der Waals surface area contributed by atoms with E-state index in [1.54, 1.807) is 24.3 Å². The normalized spacial score (nSPS) is 23.7. The van der Waals surface area contributed by atoms with Gasteiger partial charge in [-0.05, 0) is 68.4 Å². The molecule has 3 unspecified atom stereocenters. The molecule has 0 aromatic heterocycles. The Kier molecular flexibility index (Phi) is 7.14. The summed E-state index contributed by atoms with van der Waals surface area (Å²) >= 11 is 0. The van der Waals surface area contributed by atoms with Gasteiger partial charge in [-0.2, -0.15) is 0 Å². The molecule has 156 valence electrons. The van der Waals surface area contributed by atoms with Crippen LogP contribution in [0.4, 0.5) is 4.39 Å². The Balaban J connectivity index is 0.00000240. The van der Waals surface area contributed by atoms with Crippen LogP contribution >= 0.6 is 12.4 Å². The molecule has 2 heterocycles. The van der Waals surface area contributed by atoms with Gasteiger partial charge in [-0.3, -0.25) is 4.79 Å². The van der Waals surface area contributed by atoms with E-state index in [2.05, 4.69) is 10.6 Å². The minimum absolute atomic E-state index is 0. The van der Waals surface area contributed by atoms with Crippen molar-refractivity contribution in [2.45, 2.75) is 57.2 Å². The van der Waals surface area contributed by atoms with Crippen LogP contribution in [0.15, 0.2) is 48.5 Å². The maximum atomic E-state index is 14.5. The molecule has 2 fully saturated rings. The lowest BCUT2D eigenvalue weighted by atomic mass is 9.89. The van der Waals surface area contributed by atoms with Crippen LogP contribution in [-0.4, -0.2) is 18.0 Å². The van der Waals surface area contributed by atoms with Crippen molar-refractivity contribution in [3.05, 3.63) is 59.9 Å². The highest BCUT2D eigenvalue weighted by molar-refractivity contribution is 5.85. The molecule has 4 nitrogen and oxygen atoms in total. The summed E-state index contributed by atoms with van der Waals surface area (Å²) in [5.41, 5.74) is 0.733. The Labute approximate surface area is 177 Å². The van der Waals surface area contributed by atoms with Crippen LogP contribution in [0.3, 0.4) is 0 Å². The molecule has 1 amide bonds. The molecule has 0 aliphatic carbocycles. The van der Waals surface area contributed by atoms with E-state index in [1.807, 2.05) is 25.1 Å². The van der Waals surface area contributed by atoms with Gasteiger partial charge in [0.05, 0.1) is 6.04 Å². The maximum Gasteiger partial charge on any atom is 0.220 e. The van der Waals surface area contributed by atoms with Gasteiger partial charge in [-0.15, -0.1) is 12.4 Å². The fourth-order valence-corrected chi connectivity index (χ4v) is 4.47. The molecule has 0 spiro atoms. The van der Waals surface area contributed by atoms with Crippen molar-refractivity contribution in [2.24, 2.45) is 5.92 Å². The van der Waals surface area contributed by atoms with E-state index in [1.165, 1.54) is 18.9 Å². The molecule has 0 radical (unpaired) electrons. The highest BCUT2D eigenvalue weighted by Crippen LogP contribution is 2.33. The Bertz CT molecular complexity index is 821. The molecule has 4 rings (SSSR count). The molecule has 2 aromatic rings. The van der Waals surface area contributed by atoms with E-state index < -0.39 is 5.82 Å². The minimum Gasteiger partial charge on any atom is -0.454 e. The first-order chi connectivity index (χ1) is 13.6. The molecule has 29 heavy (non-hydrogen) atoms. The predicted molar refractivity (Wildman–Crippen MR) is 114 cm³/mol. The van der Waals surface area contributed by atoms with Crippen LogP contribution in [-0.2, 0) is 4.79 Å². The van der Waals surface area contributed by atoms with Crippen LogP contribution in [0.1, 0.15) is 50.6 Å². The minimum atomic E-state index is -0.433. The summed E-state index contributed by atoms with van der Waals surface area (Å²) in [4.78, 5) is 12.5. The number of halogens is 2. The van der Waals surface area contributed by atoms with Gasteiger partial charge in [0, 0.05) is 18.5 Å². The van der Waals surface area contributed by atoms with Crippen LogP contribution in [0, 0.1) is 11.7 Å². The van der Waals surface area contributed by atoms with Crippen molar-refractivity contribution in [3.8, 4) is 11.5 Å². The van der Waals surface area contributed by atoms with Crippen molar-refractivity contribution in [2.75, 3.05) is 0 Å². The van der Waals surface area contributed by atoms with E-state index in [0.29, 0.717) is 30.2 Å². The zero-order valence-electron chi connectivity index (χ0n) is 16.6. The van der Waals surface area contributed by atoms with Crippen LogP contribution in [0.2, 0.25) is 0 Å². The molecule has 2 aliphatic rings. The first-order valence-corrected chi connectivity index (χ1v) is 10.1. The summed E-state index contributed by atoms with van der Waals surface area (Å²) in [6, 6.07) is 14.9. The largest absolute Gasteiger partial charge is 0.454 e. The Morgan fingerprint density at radius 3 is 2.52 bits per heavy atom. The number of para-hydroxylation sites is 1. The third-order valence-electron chi connectivity index (χ3n) is 5.85. The number of benzene rings is 2. The number of carbonyl (C=O) groups is 1. The Morgan fingerprint density at radius 2 is 1.86 bits per heavy atom. The molecule has 2 N–H and O–H groups in total. The number of amides is 1. The first-order valence-electron chi connectivity index (χ1n) is 10.1. The summed E-state index contributed by atoms with van der Waals surface area (Å²) in [7, 11) is 0. The first kappa shape index (κ1) is 21.6. The van der Waals surface area contributed by atoms with Crippen molar-refractivity contribution in [1.29, 1.82) is 0 Å². The number of carbonyl (C=O) groups excluding carboxylic acids is 1. The summed E-state index contributed by atoms with van der Waals surface area (Å²) in [5.74, 6) is 0.829. The van der Waals surface area contributed by atoms with Gasteiger partial charge in [0.1, 0.15) is 5.75 Å². The second-order valence-electron chi connectivity index (χ2n) is 8.07. The summed E-state index contributed by atoms with van der Waals surface area (Å²) in [6.07, 6.45) is 5.18. The van der Waals surface area contributed by atoms with Crippen molar-refractivity contribution < 1.29 is 13.9 Å². The molecule has 2 saturated heterocycles. The topological polar surface area (TPSA) is 50.4 Å². The van der Waals surface area contributed by atoms with Gasteiger partial charge in [0.25, 0.3) is 0 Å². The van der Waals surface area contributed by atoms with Gasteiger partial charge in [-0.25, -0.2) is 4.39 Å². The van der Waals surface area contributed by atoms with E-state index in [0.717, 1.165) is 18.4 Å². The van der Waals surface area contributed by atoms with Crippen molar-refractivity contribution in [1.82, 2.24) is 10.6 Å². The van der Waals surface area contributed by atoms with Gasteiger partial charge >= 0.3 is 0 Å². The molecular weight excluding hydrogens is 391 g/mol. The molecule has 6 heteroatoms. The quantitative estimate of drug-likeness (QED) is 0.683. The monoisotopic (exact) mass is 418 g/mol. The number of rotatable bonds is 6. The number of ether oxygens (including phenoxy) is 1. The second kappa shape index (κ2) is 9.59. The summed E-state index contributed by atoms with van der Waals surface area (Å²) in [5, 5.41) is 6.63. The second-order valence-corrected chi connectivity index (χ2v) is 8.07. The van der Waals surface area contributed by atoms with E-state index in [4.69, 9.17) is 4.74 Å². The number of hydrogen-bond acceptors (Lipinski definition) is 3. The van der Waals surface area contributed by atoms with Gasteiger partial charge in [0.2, 0.25) is 5.91 Å². The Hall–Kier alpha value is -2.11. The molecule has 2 bridgehead atoms.